The lowest BCUT2D eigenvalue weighted by atomic mass is 10.1. The first kappa shape index (κ1) is 12.4. The van der Waals surface area contributed by atoms with Crippen LogP contribution in [0, 0.1) is 0 Å². The molecular weight excluding hydrogens is 212 g/mol. The second-order valence-electron chi connectivity index (χ2n) is 4.78. The lowest BCUT2D eigenvalue weighted by Gasteiger charge is -2.16. The highest BCUT2D eigenvalue weighted by Crippen LogP contribution is 2.18. The van der Waals surface area contributed by atoms with E-state index in [1.165, 1.54) is 44.1 Å². The Morgan fingerprint density at radius 3 is 2.76 bits per heavy atom. The number of hydrogen-bond donors (Lipinski definition) is 1. The SMILES string of the molecule is COc1cc(CNC2CCCCCC2)ccn1. The molecule has 1 heterocycles. The summed E-state index contributed by atoms with van der Waals surface area (Å²) in [6.07, 6.45) is 10.0. The van der Waals surface area contributed by atoms with Gasteiger partial charge in [0.15, 0.2) is 0 Å². The maximum Gasteiger partial charge on any atom is 0.213 e. The minimum atomic E-state index is 0.691. The summed E-state index contributed by atoms with van der Waals surface area (Å²) in [4.78, 5) is 4.12. The van der Waals surface area contributed by atoms with Crippen molar-refractivity contribution in [3.8, 4) is 5.88 Å². The van der Waals surface area contributed by atoms with Gasteiger partial charge in [0.05, 0.1) is 7.11 Å². The minimum absolute atomic E-state index is 0.691. The van der Waals surface area contributed by atoms with Crippen molar-refractivity contribution in [2.75, 3.05) is 7.11 Å². The molecule has 1 aromatic heterocycles. The molecule has 1 N–H and O–H groups in total. The van der Waals surface area contributed by atoms with E-state index in [4.69, 9.17) is 4.74 Å². The fourth-order valence-electron chi connectivity index (χ4n) is 2.42. The van der Waals surface area contributed by atoms with Gasteiger partial charge in [0.2, 0.25) is 5.88 Å². The van der Waals surface area contributed by atoms with Crippen molar-refractivity contribution in [1.82, 2.24) is 10.3 Å². The number of aromatic nitrogens is 1. The van der Waals surface area contributed by atoms with Crippen molar-refractivity contribution in [2.24, 2.45) is 0 Å². The molecule has 0 bridgehead atoms. The molecule has 0 aliphatic heterocycles. The van der Waals surface area contributed by atoms with Crippen molar-refractivity contribution in [3.05, 3.63) is 23.9 Å². The van der Waals surface area contributed by atoms with Gasteiger partial charge >= 0.3 is 0 Å². The normalized spacial score (nSPS) is 17.7. The van der Waals surface area contributed by atoms with E-state index in [-0.39, 0.29) is 0 Å². The van der Waals surface area contributed by atoms with Gasteiger partial charge in [-0.2, -0.15) is 0 Å². The van der Waals surface area contributed by atoms with Crippen LogP contribution in [0.1, 0.15) is 44.1 Å². The largest absolute Gasteiger partial charge is 0.481 e. The monoisotopic (exact) mass is 234 g/mol. The van der Waals surface area contributed by atoms with Crippen LogP contribution in [0.3, 0.4) is 0 Å². The molecule has 0 radical (unpaired) electrons. The van der Waals surface area contributed by atoms with Crippen LogP contribution >= 0.6 is 0 Å². The van der Waals surface area contributed by atoms with E-state index in [1.807, 2.05) is 18.3 Å². The third-order valence-corrected chi connectivity index (χ3v) is 3.46. The molecule has 1 aliphatic rings. The topological polar surface area (TPSA) is 34.1 Å². The third kappa shape index (κ3) is 4.00. The summed E-state index contributed by atoms with van der Waals surface area (Å²) < 4.78 is 5.13. The van der Waals surface area contributed by atoms with Gasteiger partial charge in [-0.1, -0.05) is 25.7 Å². The van der Waals surface area contributed by atoms with Gasteiger partial charge < -0.3 is 10.1 Å². The fourth-order valence-corrected chi connectivity index (χ4v) is 2.42. The zero-order valence-corrected chi connectivity index (χ0v) is 10.6. The maximum absolute atomic E-state index is 5.13. The quantitative estimate of drug-likeness (QED) is 0.813. The molecule has 0 spiro atoms. The van der Waals surface area contributed by atoms with E-state index >= 15 is 0 Å². The van der Waals surface area contributed by atoms with E-state index in [0.717, 1.165) is 6.54 Å². The Balaban J connectivity index is 1.83. The molecule has 2 rings (SSSR count). The van der Waals surface area contributed by atoms with Gasteiger partial charge in [-0.15, -0.1) is 0 Å². The molecule has 17 heavy (non-hydrogen) atoms. The van der Waals surface area contributed by atoms with Crippen LogP contribution in [-0.2, 0) is 6.54 Å². The molecule has 1 aromatic rings. The van der Waals surface area contributed by atoms with Crippen LogP contribution in [-0.4, -0.2) is 18.1 Å². The van der Waals surface area contributed by atoms with Gasteiger partial charge in [-0.25, -0.2) is 4.98 Å². The number of ether oxygens (including phenoxy) is 1. The number of hydrogen-bond acceptors (Lipinski definition) is 3. The molecule has 3 nitrogen and oxygen atoms in total. The van der Waals surface area contributed by atoms with Crippen LogP contribution in [0.25, 0.3) is 0 Å². The second-order valence-corrected chi connectivity index (χ2v) is 4.78. The number of nitrogens with one attached hydrogen (secondary N) is 1. The summed E-state index contributed by atoms with van der Waals surface area (Å²) in [5, 5.41) is 3.65. The number of nitrogens with zero attached hydrogens (tertiary/aromatic N) is 1. The Morgan fingerprint density at radius 1 is 1.29 bits per heavy atom. The summed E-state index contributed by atoms with van der Waals surface area (Å²) >= 11 is 0. The molecule has 0 unspecified atom stereocenters. The first-order chi connectivity index (χ1) is 8.38. The van der Waals surface area contributed by atoms with E-state index in [0.29, 0.717) is 11.9 Å². The summed E-state index contributed by atoms with van der Waals surface area (Å²) in [6.45, 7) is 0.920. The maximum atomic E-state index is 5.13. The smallest absolute Gasteiger partial charge is 0.213 e. The highest BCUT2D eigenvalue weighted by molar-refractivity contribution is 5.20. The first-order valence-electron chi connectivity index (χ1n) is 6.61. The Morgan fingerprint density at radius 2 is 2.06 bits per heavy atom. The van der Waals surface area contributed by atoms with Crippen LogP contribution in [0.15, 0.2) is 18.3 Å². The Labute approximate surface area is 104 Å². The van der Waals surface area contributed by atoms with Crippen LogP contribution in [0.2, 0.25) is 0 Å². The summed E-state index contributed by atoms with van der Waals surface area (Å²) in [6, 6.07) is 4.74. The van der Waals surface area contributed by atoms with Crippen molar-refractivity contribution in [3.63, 3.8) is 0 Å². The molecule has 94 valence electrons. The average Bonchev–Trinajstić information content (AvgIpc) is 2.65. The van der Waals surface area contributed by atoms with Crippen LogP contribution in [0.4, 0.5) is 0 Å². The minimum Gasteiger partial charge on any atom is -0.481 e. The number of rotatable bonds is 4. The van der Waals surface area contributed by atoms with E-state index in [1.54, 1.807) is 7.11 Å². The lowest BCUT2D eigenvalue weighted by molar-refractivity contribution is 0.396. The summed E-state index contributed by atoms with van der Waals surface area (Å²) in [5.41, 5.74) is 1.25. The lowest BCUT2D eigenvalue weighted by Crippen LogP contribution is -2.27. The molecule has 0 aromatic carbocycles. The van der Waals surface area contributed by atoms with Gasteiger partial charge in [0.1, 0.15) is 0 Å². The van der Waals surface area contributed by atoms with Crippen molar-refractivity contribution >= 4 is 0 Å². The van der Waals surface area contributed by atoms with Crippen LogP contribution in [0.5, 0.6) is 5.88 Å². The Hall–Kier alpha value is -1.09. The average molecular weight is 234 g/mol. The Bertz CT molecular complexity index is 333. The third-order valence-electron chi connectivity index (χ3n) is 3.46. The molecule has 1 saturated carbocycles. The van der Waals surface area contributed by atoms with Gasteiger partial charge in [-0.05, 0) is 24.5 Å². The van der Waals surface area contributed by atoms with Crippen molar-refractivity contribution in [1.29, 1.82) is 0 Å². The summed E-state index contributed by atoms with van der Waals surface area (Å²) in [7, 11) is 1.66. The van der Waals surface area contributed by atoms with Gasteiger partial charge in [0, 0.05) is 24.8 Å². The number of pyridine rings is 1. The van der Waals surface area contributed by atoms with E-state index in [2.05, 4.69) is 10.3 Å². The van der Waals surface area contributed by atoms with E-state index < -0.39 is 0 Å². The van der Waals surface area contributed by atoms with Gasteiger partial charge in [0.25, 0.3) is 0 Å². The Kier molecular flexibility index (Phi) is 4.80. The highest BCUT2D eigenvalue weighted by atomic mass is 16.5. The number of methoxy groups -OCH3 is 1. The molecule has 0 atom stereocenters. The fraction of sp³-hybridized carbons (Fsp3) is 0.643. The molecular formula is C14H22N2O. The second kappa shape index (κ2) is 6.60. The predicted octanol–water partition coefficient (Wildman–Crippen LogP) is 2.90. The van der Waals surface area contributed by atoms with Crippen molar-refractivity contribution in [2.45, 2.75) is 51.1 Å². The zero-order valence-electron chi connectivity index (χ0n) is 10.6. The molecule has 3 heteroatoms. The first-order valence-corrected chi connectivity index (χ1v) is 6.61. The highest BCUT2D eigenvalue weighted by Gasteiger charge is 2.11. The molecule has 0 amide bonds. The van der Waals surface area contributed by atoms with Gasteiger partial charge in [-0.3, -0.25) is 0 Å². The molecule has 1 fully saturated rings. The summed E-state index contributed by atoms with van der Waals surface area (Å²) in [5.74, 6) is 0.699. The standard InChI is InChI=1S/C14H22N2O/c1-17-14-10-12(8-9-15-14)11-16-13-6-4-2-3-5-7-13/h8-10,13,16H,2-7,11H2,1H3. The van der Waals surface area contributed by atoms with Crippen molar-refractivity contribution < 1.29 is 4.74 Å². The zero-order chi connectivity index (χ0) is 11.9. The van der Waals surface area contributed by atoms with Crippen LogP contribution < -0.4 is 10.1 Å². The molecule has 1 aliphatic carbocycles. The molecule has 0 saturated heterocycles. The van der Waals surface area contributed by atoms with E-state index in [9.17, 15) is 0 Å². The predicted molar refractivity (Wildman–Crippen MR) is 69.1 cm³/mol.